The summed E-state index contributed by atoms with van der Waals surface area (Å²) in [6.45, 7) is 5.12. The maximum atomic E-state index is 6.00. The van der Waals surface area contributed by atoms with Crippen molar-refractivity contribution >= 4 is 0 Å². The Kier molecular flexibility index (Phi) is 4.40. The van der Waals surface area contributed by atoms with Gasteiger partial charge in [-0.3, -0.25) is 0 Å². The van der Waals surface area contributed by atoms with E-state index in [9.17, 15) is 0 Å². The number of methoxy groups -OCH3 is 1. The minimum atomic E-state index is 0.480. The fraction of sp³-hybridized carbons (Fsp3) is 1.00. The molecule has 0 aliphatic heterocycles. The van der Waals surface area contributed by atoms with Gasteiger partial charge in [0, 0.05) is 38.3 Å². The number of hydrogen-bond donors (Lipinski definition) is 1. The third-order valence-corrected chi connectivity index (χ3v) is 6.20. The van der Waals surface area contributed by atoms with Crippen LogP contribution >= 0.6 is 0 Å². The van der Waals surface area contributed by atoms with Crippen molar-refractivity contribution in [3.8, 4) is 0 Å². The van der Waals surface area contributed by atoms with E-state index in [0.29, 0.717) is 23.0 Å². The fourth-order valence-electron chi connectivity index (χ4n) is 4.52. The van der Waals surface area contributed by atoms with Crippen LogP contribution in [0, 0.1) is 10.8 Å². The van der Waals surface area contributed by atoms with Crippen molar-refractivity contribution in [3.63, 3.8) is 0 Å². The largest absolute Gasteiger partial charge is 0.385 e. The van der Waals surface area contributed by atoms with Gasteiger partial charge in [0.2, 0.25) is 0 Å². The average molecular weight is 281 g/mol. The fourth-order valence-corrected chi connectivity index (χ4v) is 4.52. The quantitative estimate of drug-likeness (QED) is 0.741. The SMILES string of the molecule is CCOC1CC(NCC2(CCOC)CC2)C12CCCC2. The molecule has 3 aliphatic rings. The van der Waals surface area contributed by atoms with Gasteiger partial charge in [-0.1, -0.05) is 12.8 Å². The molecule has 0 saturated heterocycles. The van der Waals surface area contributed by atoms with Crippen LogP contribution < -0.4 is 5.32 Å². The van der Waals surface area contributed by atoms with Crippen molar-refractivity contribution in [1.82, 2.24) is 5.32 Å². The van der Waals surface area contributed by atoms with Gasteiger partial charge < -0.3 is 14.8 Å². The van der Waals surface area contributed by atoms with Crippen LogP contribution in [0.5, 0.6) is 0 Å². The number of ether oxygens (including phenoxy) is 2. The van der Waals surface area contributed by atoms with Gasteiger partial charge in [-0.15, -0.1) is 0 Å². The van der Waals surface area contributed by atoms with Gasteiger partial charge in [0.25, 0.3) is 0 Å². The Morgan fingerprint density at radius 2 is 1.90 bits per heavy atom. The first kappa shape index (κ1) is 14.8. The molecule has 3 rings (SSSR count). The number of hydrogen-bond acceptors (Lipinski definition) is 3. The zero-order chi connectivity index (χ0) is 14.1. The second kappa shape index (κ2) is 5.94. The zero-order valence-electron chi connectivity index (χ0n) is 13.2. The van der Waals surface area contributed by atoms with E-state index >= 15 is 0 Å². The lowest BCUT2D eigenvalue weighted by Crippen LogP contribution is -2.63. The van der Waals surface area contributed by atoms with Crippen LogP contribution in [0.1, 0.15) is 58.3 Å². The summed E-state index contributed by atoms with van der Waals surface area (Å²) in [4.78, 5) is 0. The minimum absolute atomic E-state index is 0.480. The Hall–Kier alpha value is -0.120. The molecule has 2 unspecified atom stereocenters. The molecule has 20 heavy (non-hydrogen) atoms. The maximum Gasteiger partial charge on any atom is 0.0661 e. The molecular formula is C17H31NO2. The monoisotopic (exact) mass is 281 g/mol. The first-order chi connectivity index (χ1) is 9.75. The van der Waals surface area contributed by atoms with E-state index in [1.54, 1.807) is 0 Å². The zero-order valence-corrected chi connectivity index (χ0v) is 13.2. The van der Waals surface area contributed by atoms with E-state index < -0.39 is 0 Å². The molecule has 3 heteroatoms. The van der Waals surface area contributed by atoms with Crippen molar-refractivity contribution in [2.24, 2.45) is 10.8 Å². The van der Waals surface area contributed by atoms with Crippen molar-refractivity contribution in [2.75, 3.05) is 26.9 Å². The molecule has 0 aromatic carbocycles. The molecule has 0 bridgehead atoms. The number of nitrogens with one attached hydrogen (secondary N) is 1. The van der Waals surface area contributed by atoms with Crippen LogP contribution in [0.4, 0.5) is 0 Å². The van der Waals surface area contributed by atoms with Crippen molar-refractivity contribution in [2.45, 2.75) is 70.4 Å². The first-order valence-electron chi connectivity index (χ1n) is 8.59. The van der Waals surface area contributed by atoms with Crippen LogP contribution in [0.15, 0.2) is 0 Å². The molecule has 1 spiro atoms. The maximum absolute atomic E-state index is 6.00. The van der Waals surface area contributed by atoms with E-state index in [1.807, 2.05) is 7.11 Å². The third-order valence-electron chi connectivity index (χ3n) is 6.20. The van der Waals surface area contributed by atoms with Gasteiger partial charge >= 0.3 is 0 Å². The number of rotatable bonds is 8. The summed E-state index contributed by atoms with van der Waals surface area (Å²) in [7, 11) is 1.82. The topological polar surface area (TPSA) is 30.5 Å². The standard InChI is InChI=1S/C17H31NO2/c1-3-20-15-12-14(17(15)6-4-5-7-17)18-13-16(8-9-16)10-11-19-2/h14-15,18H,3-13H2,1-2H3. The van der Waals surface area contributed by atoms with Crippen LogP contribution in [0.25, 0.3) is 0 Å². The highest BCUT2D eigenvalue weighted by Gasteiger charge is 2.57. The summed E-state index contributed by atoms with van der Waals surface area (Å²) in [5.41, 5.74) is 1.04. The molecule has 0 heterocycles. The van der Waals surface area contributed by atoms with E-state index in [2.05, 4.69) is 12.2 Å². The molecule has 0 aromatic rings. The van der Waals surface area contributed by atoms with Gasteiger partial charge in [0.1, 0.15) is 0 Å². The lowest BCUT2D eigenvalue weighted by Gasteiger charge is -2.54. The van der Waals surface area contributed by atoms with Gasteiger partial charge in [-0.05, 0) is 50.9 Å². The molecule has 1 N–H and O–H groups in total. The average Bonchev–Trinajstić information content (AvgIpc) is 3.02. The molecule has 0 amide bonds. The normalized spacial score (nSPS) is 33.3. The molecule has 2 atom stereocenters. The van der Waals surface area contributed by atoms with E-state index in [0.717, 1.165) is 13.2 Å². The molecule has 3 saturated carbocycles. The Labute approximate surface area is 123 Å². The molecular weight excluding hydrogens is 250 g/mol. The van der Waals surface area contributed by atoms with E-state index in [4.69, 9.17) is 9.47 Å². The van der Waals surface area contributed by atoms with Crippen LogP contribution in [0.3, 0.4) is 0 Å². The summed E-state index contributed by atoms with van der Waals surface area (Å²) < 4.78 is 11.3. The van der Waals surface area contributed by atoms with Crippen molar-refractivity contribution in [3.05, 3.63) is 0 Å². The highest BCUT2D eigenvalue weighted by Crippen LogP contribution is 2.55. The van der Waals surface area contributed by atoms with E-state index in [-0.39, 0.29) is 0 Å². The van der Waals surface area contributed by atoms with E-state index in [1.165, 1.54) is 57.9 Å². The second-order valence-electron chi connectivity index (χ2n) is 7.30. The minimum Gasteiger partial charge on any atom is -0.385 e. The molecule has 3 fully saturated rings. The third kappa shape index (κ3) is 2.65. The smallest absolute Gasteiger partial charge is 0.0661 e. The lowest BCUT2D eigenvalue weighted by atomic mass is 9.60. The summed E-state index contributed by atoms with van der Waals surface area (Å²) in [6.07, 6.45) is 11.3. The predicted molar refractivity (Wildman–Crippen MR) is 80.9 cm³/mol. The van der Waals surface area contributed by atoms with Crippen LogP contribution in [-0.2, 0) is 9.47 Å². The summed E-state index contributed by atoms with van der Waals surface area (Å²) in [5, 5.41) is 3.92. The van der Waals surface area contributed by atoms with Crippen molar-refractivity contribution in [1.29, 1.82) is 0 Å². The summed E-state index contributed by atoms with van der Waals surface area (Å²) in [5.74, 6) is 0. The first-order valence-corrected chi connectivity index (χ1v) is 8.59. The van der Waals surface area contributed by atoms with Gasteiger partial charge in [-0.25, -0.2) is 0 Å². The van der Waals surface area contributed by atoms with Gasteiger partial charge in [0.05, 0.1) is 6.10 Å². The van der Waals surface area contributed by atoms with Crippen LogP contribution in [-0.4, -0.2) is 39.0 Å². The van der Waals surface area contributed by atoms with Crippen LogP contribution in [0.2, 0.25) is 0 Å². The molecule has 116 valence electrons. The Morgan fingerprint density at radius 1 is 1.15 bits per heavy atom. The molecule has 3 nitrogen and oxygen atoms in total. The summed E-state index contributed by atoms with van der Waals surface area (Å²) >= 11 is 0. The predicted octanol–water partition coefficient (Wildman–Crippen LogP) is 3.13. The molecule has 3 aliphatic carbocycles. The Morgan fingerprint density at radius 3 is 2.50 bits per heavy atom. The lowest BCUT2D eigenvalue weighted by molar-refractivity contribution is -0.131. The Balaban J connectivity index is 1.51. The highest BCUT2D eigenvalue weighted by molar-refractivity contribution is 5.11. The van der Waals surface area contributed by atoms with Gasteiger partial charge in [0.15, 0.2) is 0 Å². The highest BCUT2D eigenvalue weighted by atomic mass is 16.5. The molecule has 0 radical (unpaired) electrons. The second-order valence-corrected chi connectivity index (χ2v) is 7.30. The summed E-state index contributed by atoms with van der Waals surface area (Å²) in [6, 6.07) is 0.710. The van der Waals surface area contributed by atoms with Crippen molar-refractivity contribution < 1.29 is 9.47 Å². The van der Waals surface area contributed by atoms with Gasteiger partial charge in [-0.2, -0.15) is 0 Å². The molecule has 0 aromatic heterocycles. The Bertz CT molecular complexity index is 321.